The van der Waals surface area contributed by atoms with Gasteiger partial charge in [0.2, 0.25) is 0 Å². The van der Waals surface area contributed by atoms with Gasteiger partial charge in [-0.1, -0.05) is 44.2 Å². The van der Waals surface area contributed by atoms with Crippen LogP contribution in [-0.2, 0) is 20.9 Å². The highest BCUT2D eigenvalue weighted by molar-refractivity contribution is 5.81. The number of esters is 1. The summed E-state index contributed by atoms with van der Waals surface area (Å²) in [6, 6.07) is 8.57. The van der Waals surface area contributed by atoms with E-state index in [1.54, 1.807) is 13.8 Å². The van der Waals surface area contributed by atoms with Crippen molar-refractivity contribution in [1.29, 1.82) is 0 Å². The quantitative estimate of drug-likeness (QED) is 0.829. The molecule has 1 rings (SSSR count). The number of amides is 1. The highest BCUT2D eigenvalue weighted by Crippen LogP contribution is 2.07. The lowest BCUT2D eigenvalue weighted by Gasteiger charge is -2.19. The van der Waals surface area contributed by atoms with Crippen molar-refractivity contribution in [1.82, 2.24) is 5.32 Å². The number of carbonyl (C=O) groups is 2. The third kappa shape index (κ3) is 4.99. The van der Waals surface area contributed by atoms with Crippen LogP contribution in [0.15, 0.2) is 30.3 Å². The van der Waals surface area contributed by atoms with Crippen molar-refractivity contribution < 1.29 is 19.1 Å². The van der Waals surface area contributed by atoms with Crippen LogP contribution in [0.2, 0.25) is 0 Å². The van der Waals surface area contributed by atoms with Crippen molar-refractivity contribution in [3.63, 3.8) is 0 Å². The summed E-state index contributed by atoms with van der Waals surface area (Å²) in [6.07, 6.45) is -0.754. The number of alkyl carbamates (subject to hydrolysis) is 1. The molecule has 0 saturated carbocycles. The summed E-state index contributed by atoms with van der Waals surface area (Å²) in [7, 11) is 2.99. The summed E-state index contributed by atoms with van der Waals surface area (Å²) in [5.41, 5.74) is 0.887. The molecule has 0 fully saturated rings. The highest BCUT2D eigenvalue weighted by Gasteiger charge is 2.25. The Morgan fingerprint density at radius 1 is 1.26 bits per heavy atom. The van der Waals surface area contributed by atoms with Crippen molar-refractivity contribution in [2.24, 2.45) is 5.92 Å². The maximum atomic E-state index is 11.9. The molecule has 0 unspecified atom stereocenters. The van der Waals surface area contributed by atoms with E-state index >= 15 is 0 Å². The Labute approximate surface area is 112 Å². The van der Waals surface area contributed by atoms with E-state index in [-0.39, 0.29) is 12.5 Å². The van der Waals surface area contributed by atoms with Crippen molar-refractivity contribution in [3.05, 3.63) is 43.0 Å². The summed E-state index contributed by atoms with van der Waals surface area (Å²) >= 11 is 0. The highest BCUT2D eigenvalue weighted by atomic mass is 16.5. The minimum Gasteiger partial charge on any atom is -0.459 e. The molecular formula is C14H18NO4. The molecule has 0 aliphatic heterocycles. The van der Waals surface area contributed by atoms with E-state index in [0.29, 0.717) is 0 Å². The van der Waals surface area contributed by atoms with E-state index in [4.69, 9.17) is 4.74 Å². The van der Waals surface area contributed by atoms with E-state index in [2.05, 4.69) is 17.2 Å². The number of ether oxygens (including phenoxy) is 2. The van der Waals surface area contributed by atoms with Gasteiger partial charge in [0, 0.05) is 0 Å². The third-order valence-corrected chi connectivity index (χ3v) is 2.55. The van der Waals surface area contributed by atoms with Gasteiger partial charge in [0.05, 0.1) is 0 Å². The fraction of sp³-hybridized carbons (Fsp3) is 0.357. The molecule has 0 heterocycles. The predicted octanol–water partition coefficient (Wildman–Crippen LogP) is 2.27. The van der Waals surface area contributed by atoms with E-state index < -0.39 is 18.1 Å². The van der Waals surface area contributed by atoms with Crippen LogP contribution in [0.5, 0.6) is 0 Å². The lowest BCUT2D eigenvalue weighted by molar-refractivity contribution is -0.148. The van der Waals surface area contributed by atoms with Gasteiger partial charge in [0.25, 0.3) is 0 Å². The van der Waals surface area contributed by atoms with Crippen LogP contribution >= 0.6 is 0 Å². The smallest absolute Gasteiger partial charge is 0.407 e. The maximum absolute atomic E-state index is 11.9. The fourth-order valence-corrected chi connectivity index (χ4v) is 1.48. The normalized spacial score (nSPS) is 11.8. The number of carbonyl (C=O) groups excluding carboxylic acids is 2. The summed E-state index contributed by atoms with van der Waals surface area (Å²) in [6.45, 7) is 3.78. The predicted molar refractivity (Wildman–Crippen MR) is 69.8 cm³/mol. The zero-order chi connectivity index (χ0) is 14.3. The zero-order valence-electron chi connectivity index (χ0n) is 11.1. The molecule has 1 amide bonds. The van der Waals surface area contributed by atoms with Gasteiger partial charge >= 0.3 is 12.1 Å². The van der Waals surface area contributed by atoms with Gasteiger partial charge in [0.15, 0.2) is 0 Å². The van der Waals surface area contributed by atoms with Gasteiger partial charge in [-0.25, -0.2) is 9.59 Å². The third-order valence-electron chi connectivity index (χ3n) is 2.55. The topological polar surface area (TPSA) is 64.6 Å². The Morgan fingerprint density at radius 2 is 1.89 bits per heavy atom. The molecule has 1 aromatic carbocycles. The van der Waals surface area contributed by atoms with Gasteiger partial charge in [0.1, 0.15) is 19.8 Å². The molecule has 0 saturated heterocycles. The van der Waals surface area contributed by atoms with Gasteiger partial charge in [-0.2, -0.15) is 0 Å². The largest absolute Gasteiger partial charge is 0.459 e. The average molecular weight is 264 g/mol. The molecule has 19 heavy (non-hydrogen) atoms. The minimum atomic E-state index is -0.754. The van der Waals surface area contributed by atoms with E-state index in [1.165, 1.54) is 0 Å². The molecule has 1 radical (unpaired) electrons. The first-order valence-corrected chi connectivity index (χ1v) is 5.97. The lowest BCUT2D eigenvalue weighted by atomic mass is 10.1. The molecular weight excluding hydrogens is 246 g/mol. The maximum Gasteiger partial charge on any atom is 0.407 e. The Balaban J connectivity index is 2.55. The Hall–Kier alpha value is -2.04. The summed E-state index contributed by atoms with van der Waals surface area (Å²) in [5, 5.41) is 2.40. The monoisotopic (exact) mass is 264 g/mol. The standard InChI is InChI=1S/C14H18NO4/c1-10(2)12(15-14(17)18-3)13(16)19-9-11-7-5-4-6-8-11/h4-8,10,12H,3,9H2,1-2H3,(H,15,17)/t12-/m0/s1. The van der Waals surface area contributed by atoms with Crippen LogP contribution < -0.4 is 5.32 Å². The molecule has 0 spiro atoms. The molecule has 5 nitrogen and oxygen atoms in total. The van der Waals surface area contributed by atoms with Crippen LogP contribution in [0.25, 0.3) is 0 Å². The molecule has 1 atom stereocenters. The van der Waals surface area contributed by atoms with Gasteiger partial charge in [-0.3, -0.25) is 0 Å². The molecule has 0 aliphatic rings. The number of benzene rings is 1. The van der Waals surface area contributed by atoms with Crippen LogP contribution in [0.3, 0.4) is 0 Å². The van der Waals surface area contributed by atoms with Crippen LogP contribution in [-0.4, -0.2) is 18.1 Å². The summed E-state index contributed by atoms with van der Waals surface area (Å²) in [4.78, 5) is 23.0. The molecule has 0 aromatic heterocycles. The van der Waals surface area contributed by atoms with Gasteiger partial charge in [-0.15, -0.1) is 0 Å². The molecule has 5 heteroatoms. The summed E-state index contributed by atoms with van der Waals surface area (Å²) in [5.74, 6) is -0.605. The Kier molecular flexibility index (Phi) is 5.85. The van der Waals surface area contributed by atoms with E-state index in [9.17, 15) is 9.59 Å². The number of rotatable bonds is 5. The minimum absolute atomic E-state index is 0.109. The van der Waals surface area contributed by atoms with Crippen LogP contribution in [0, 0.1) is 13.0 Å². The molecule has 1 aromatic rings. The van der Waals surface area contributed by atoms with Crippen molar-refractivity contribution in [2.75, 3.05) is 0 Å². The van der Waals surface area contributed by atoms with Gasteiger partial charge in [-0.05, 0) is 11.5 Å². The lowest BCUT2D eigenvalue weighted by Crippen LogP contribution is -2.45. The Bertz CT molecular complexity index is 417. The van der Waals surface area contributed by atoms with Crippen LogP contribution in [0.1, 0.15) is 19.4 Å². The SMILES string of the molecule is [CH2]OC(=O)N[C@H](C(=O)OCc1ccccc1)C(C)C. The second-order valence-electron chi connectivity index (χ2n) is 4.39. The van der Waals surface area contributed by atoms with E-state index in [0.717, 1.165) is 5.56 Å². The van der Waals surface area contributed by atoms with E-state index in [1.807, 2.05) is 30.3 Å². The number of hydrogen-bond acceptors (Lipinski definition) is 4. The number of hydrogen-bond donors (Lipinski definition) is 1. The molecule has 1 N–H and O–H groups in total. The van der Waals surface area contributed by atoms with Crippen molar-refractivity contribution in [3.8, 4) is 0 Å². The summed E-state index contributed by atoms with van der Waals surface area (Å²) < 4.78 is 9.40. The van der Waals surface area contributed by atoms with Crippen molar-refractivity contribution >= 4 is 12.1 Å². The molecule has 0 aliphatic carbocycles. The van der Waals surface area contributed by atoms with Crippen LogP contribution in [0.4, 0.5) is 4.79 Å². The zero-order valence-corrected chi connectivity index (χ0v) is 11.1. The fourth-order valence-electron chi connectivity index (χ4n) is 1.48. The Morgan fingerprint density at radius 3 is 2.42 bits per heavy atom. The first kappa shape index (κ1) is 15.0. The molecule has 103 valence electrons. The first-order chi connectivity index (χ1) is 9.04. The van der Waals surface area contributed by atoms with Gasteiger partial charge < -0.3 is 14.8 Å². The second-order valence-corrected chi connectivity index (χ2v) is 4.39. The first-order valence-electron chi connectivity index (χ1n) is 5.97. The second kappa shape index (κ2) is 7.41. The molecule has 0 bridgehead atoms. The average Bonchev–Trinajstić information content (AvgIpc) is 2.42. The van der Waals surface area contributed by atoms with Crippen molar-refractivity contribution in [2.45, 2.75) is 26.5 Å². The number of nitrogens with one attached hydrogen (secondary N) is 1.